The van der Waals surface area contributed by atoms with Crippen LogP contribution >= 0.6 is 0 Å². The summed E-state index contributed by atoms with van der Waals surface area (Å²) in [7, 11) is 0. The van der Waals surface area contributed by atoms with E-state index >= 15 is 0 Å². The summed E-state index contributed by atoms with van der Waals surface area (Å²) in [6, 6.07) is 0. The fourth-order valence-corrected chi connectivity index (χ4v) is 1.50. The van der Waals surface area contributed by atoms with Gasteiger partial charge in [-0.15, -0.1) is 0 Å². The minimum Gasteiger partial charge on any atom is -0.506 e. The van der Waals surface area contributed by atoms with Gasteiger partial charge in [-0.1, -0.05) is 37.0 Å². The molecule has 0 aromatic rings. The largest absolute Gasteiger partial charge is 0.506 e. The van der Waals surface area contributed by atoms with Crippen LogP contribution in [0, 0.1) is 0 Å². The first-order valence-corrected chi connectivity index (χ1v) is 6.48. The lowest BCUT2D eigenvalue weighted by Crippen LogP contribution is -2.18. The number of allylic oxidation sites excluding steroid dienone is 7. The maximum absolute atomic E-state index is 9.81. The third kappa shape index (κ3) is 6.51. The van der Waals surface area contributed by atoms with Crippen molar-refractivity contribution in [1.82, 2.24) is 5.32 Å². The molecule has 0 rings (SSSR count). The fraction of sp³-hybridized carbons (Fsp3) is 0.294. The Hall–Kier alpha value is -1.96. The molecular weight excluding hydrogens is 234 g/mol. The molecule has 0 amide bonds. The minimum atomic E-state index is 0.241. The quantitative estimate of drug-likeness (QED) is 0.518. The number of aliphatic hydroxyl groups is 1. The highest BCUT2D eigenvalue weighted by Gasteiger charge is 2.02. The number of hydrogen-bond donors (Lipinski definition) is 2. The predicted molar refractivity (Wildman–Crippen MR) is 85.0 cm³/mol. The summed E-state index contributed by atoms with van der Waals surface area (Å²) in [6.45, 7) is 12.2. The van der Waals surface area contributed by atoms with Crippen LogP contribution in [0.4, 0.5) is 0 Å². The molecule has 0 heterocycles. The van der Waals surface area contributed by atoms with E-state index < -0.39 is 0 Å². The van der Waals surface area contributed by atoms with Crippen LogP contribution in [0.3, 0.4) is 0 Å². The molecule has 2 N–H and O–H groups in total. The molecule has 0 spiro atoms. The second kappa shape index (κ2) is 10.0. The van der Waals surface area contributed by atoms with Gasteiger partial charge in [-0.2, -0.15) is 0 Å². The van der Waals surface area contributed by atoms with Gasteiger partial charge in [-0.05, 0) is 51.0 Å². The summed E-state index contributed by atoms with van der Waals surface area (Å²) in [5.74, 6) is 0.241. The molecule has 0 saturated carbocycles. The van der Waals surface area contributed by atoms with E-state index in [0.29, 0.717) is 12.2 Å². The van der Waals surface area contributed by atoms with Gasteiger partial charge in [0.2, 0.25) is 0 Å². The highest BCUT2D eigenvalue weighted by atomic mass is 16.3. The average molecular weight is 259 g/mol. The van der Waals surface area contributed by atoms with Crippen LogP contribution in [0.15, 0.2) is 71.7 Å². The summed E-state index contributed by atoms with van der Waals surface area (Å²) < 4.78 is 0. The monoisotopic (exact) mass is 259 g/mol. The molecule has 0 radical (unpaired) electrons. The van der Waals surface area contributed by atoms with E-state index in [1.54, 1.807) is 13.0 Å². The van der Waals surface area contributed by atoms with E-state index in [9.17, 15) is 5.11 Å². The standard InChI is InChI=1S/C17H25NO/c1-6-10-12-16(17(19)9-4)18-13-15(8-3)14(5)11-7-2/h6-12,18-19H,3,13H2,1-2,4-5H3/b10-6-,11-7-,15-14+,16-12+,17-9+. The van der Waals surface area contributed by atoms with E-state index in [4.69, 9.17) is 0 Å². The van der Waals surface area contributed by atoms with Gasteiger partial charge in [0, 0.05) is 6.54 Å². The first kappa shape index (κ1) is 17.0. The highest BCUT2D eigenvalue weighted by molar-refractivity contribution is 5.34. The molecule has 0 aliphatic carbocycles. The van der Waals surface area contributed by atoms with Crippen LogP contribution in [0.5, 0.6) is 0 Å². The first-order valence-electron chi connectivity index (χ1n) is 6.48. The van der Waals surface area contributed by atoms with Crippen LogP contribution in [-0.4, -0.2) is 11.7 Å². The molecule has 0 aliphatic heterocycles. The van der Waals surface area contributed by atoms with Crippen molar-refractivity contribution in [2.75, 3.05) is 6.54 Å². The van der Waals surface area contributed by atoms with Gasteiger partial charge in [0.05, 0.1) is 5.70 Å². The van der Waals surface area contributed by atoms with Crippen LogP contribution in [0.2, 0.25) is 0 Å². The Balaban J connectivity index is 5.00. The van der Waals surface area contributed by atoms with E-state index in [-0.39, 0.29) is 5.76 Å². The molecule has 0 bridgehead atoms. The van der Waals surface area contributed by atoms with Gasteiger partial charge in [0.1, 0.15) is 5.76 Å². The van der Waals surface area contributed by atoms with Gasteiger partial charge in [-0.3, -0.25) is 0 Å². The summed E-state index contributed by atoms with van der Waals surface area (Å²) in [6.07, 6.45) is 13.2. The first-order chi connectivity index (χ1) is 9.10. The SMILES string of the molecule is C=C/C(CNC(=C/C=C\C)/C(O)=C\C)=C(C)\C=C/C. The van der Waals surface area contributed by atoms with Crippen LogP contribution < -0.4 is 5.32 Å². The van der Waals surface area contributed by atoms with Crippen molar-refractivity contribution in [3.8, 4) is 0 Å². The summed E-state index contributed by atoms with van der Waals surface area (Å²) in [5.41, 5.74) is 2.97. The van der Waals surface area contributed by atoms with Crippen molar-refractivity contribution in [3.63, 3.8) is 0 Å². The van der Waals surface area contributed by atoms with E-state index in [2.05, 4.69) is 11.9 Å². The van der Waals surface area contributed by atoms with Crippen molar-refractivity contribution in [1.29, 1.82) is 0 Å². The topological polar surface area (TPSA) is 32.3 Å². The highest BCUT2D eigenvalue weighted by Crippen LogP contribution is 2.09. The molecule has 0 fully saturated rings. The number of hydrogen-bond acceptors (Lipinski definition) is 2. The second-order valence-electron chi connectivity index (χ2n) is 4.05. The normalized spacial score (nSPS) is 14.9. The molecule has 2 heteroatoms. The molecule has 0 saturated heterocycles. The molecular formula is C17H25NO. The van der Waals surface area contributed by atoms with E-state index in [1.165, 1.54) is 0 Å². The van der Waals surface area contributed by atoms with E-state index in [0.717, 1.165) is 11.1 Å². The van der Waals surface area contributed by atoms with Crippen molar-refractivity contribution in [3.05, 3.63) is 71.7 Å². The zero-order valence-electron chi connectivity index (χ0n) is 12.4. The van der Waals surface area contributed by atoms with Crippen LogP contribution in [0.25, 0.3) is 0 Å². The molecule has 0 aliphatic rings. The van der Waals surface area contributed by atoms with Gasteiger partial charge in [0.25, 0.3) is 0 Å². The zero-order chi connectivity index (χ0) is 14.7. The Kier molecular flexibility index (Phi) is 8.98. The maximum atomic E-state index is 9.81. The summed E-state index contributed by atoms with van der Waals surface area (Å²) in [4.78, 5) is 0. The maximum Gasteiger partial charge on any atom is 0.134 e. The Morgan fingerprint density at radius 1 is 1.21 bits per heavy atom. The Labute approximate surface area is 117 Å². The van der Waals surface area contributed by atoms with Crippen molar-refractivity contribution in [2.45, 2.75) is 27.7 Å². The summed E-state index contributed by atoms with van der Waals surface area (Å²) in [5, 5.41) is 13.0. The number of aliphatic hydroxyl groups excluding tert-OH is 1. The lowest BCUT2D eigenvalue weighted by Gasteiger charge is -2.12. The molecule has 104 valence electrons. The summed E-state index contributed by atoms with van der Waals surface area (Å²) >= 11 is 0. The Bertz CT molecular complexity index is 434. The Morgan fingerprint density at radius 2 is 1.89 bits per heavy atom. The van der Waals surface area contributed by atoms with Crippen LogP contribution in [0.1, 0.15) is 27.7 Å². The second-order valence-corrected chi connectivity index (χ2v) is 4.05. The van der Waals surface area contributed by atoms with Gasteiger partial charge in [-0.25, -0.2) is 0 Å². The third-order valence-electron chi connectivity index (χ3n) is 2.64. The van der Waals surface area contributed by atoms with Gasteiger partial charge >= 0.3 is 0 Å². The van der Waals surface area contributed by atoms with Gasteiger partial charge in [0.15, 0.2) is 0 Å². The number of nitrogens with one attached hydrogen (secondary N) is 1. The molecule has 19 heavy (non-hydrogen) atoms. The van der Waals surface area contributed by atoms with Gasteiger partial charge < -0.3 is 10.4 Å². The lowest BCUT2D eigenvalue weighted by molar-refractivity contribution is 0.414. The fourth-order valence-electron chi connectivity index (χ4n) is 1.50. The van der Waals surface area contributed by atoms with Crippen molar-refractivity contribution < 1.29 is 5.11 Å². The molecule has 0 aromatic heterocycles. The van der Waals surface area contributed by atoms with Crippen molar-refractivity contribution >= 4 is 0 Å². The number of rotatable bonds is 7. The molecule has 2 nitrogen and oxygen atoms in total. The minimum absolute atomic E-state index is 0.241. The lowest BCUT2D eigenvalue weighted by atomic mass is 10.1. The zero-order valence-corrected chi connectivity index (χ0v) is 12.4. The average Bonchev–Trinajstić information content (AvgIpc) is 2.42. The molecule has 0 aromatic carbocycles. The van der Waals surface area contributed by atoms with Crippen molar-refractivity contribution in [2.24, 2.45) is 0 Å². The van der Waals surface area contributed by atoms with Crippen LogP contribution in [-0.2, 0) is 0 Å². The third-order valence-corrected chi connectivity index (χ3v) is 2.64. The van der Waals surface area contributed by atoms with E-state index in [1.807, 2.05) is 57.2 Å². The molecule has 0 atom stereocenters. The Morgan fingerprint density at radius 3 is 2.37 bits per heavy atom. The predicted octanol–water partition coefficient (Wildman–Crippen LogP) is 4.58. The smallest absolute Gasteiger partial charge is 0.134 e. The molecule has 0 unspecified atom stereocenters.